The molecule has 0 fully saturated rings. The topological polar surface area (TPSA) is 66.5 Å². The average Bonchev–Trinajstić information content (AvgIpc) is 2.46. The van der Waals surface area contributed by atoms with E-state index in [4.69, 9.17) is 17.3 Å². The van der Waals surface area contributed by atoms with E-state index in [0.717, 1.165) is 11.1 Å². The third-order valence-corrected chi connectivity index (χ3v) is 3.26. The number of halogens is 1. The van der Waals surface area contributed by atoms with Gasteiger partial charge in [-0.05, 0) is 34.9 Å². The minimum atomic E-state index is -0.975. The van der Waals surface area contributed by atoms with Gasteiger partial charge in [-0.3, -0.25) is 0 Å². The van der Waals surface area contributed by atoms with Gasteiger partial charge < -0.3 is 15.9 Å². The predicted molar refractivity (Wildman–Crippen MR) is 76.9 cm³/mol. The summed E-state index contributed by atoms with van der Waals surface area (Å²) in [5.74, 6) is 0. The van der Waals surface area contributed by atoms with E-state index in [9.17, 15) is 10.2 Å². The van der Waals surface area contributed by atoms with Crippen molar-refractivity contribution < 1.29 is 10.2 Å². The second kappa shape index (κ2) is 6.17. The van der Waals surface area contributed by atoms with Crippen LogP contribution in [0.1, 0.15) is 11.7 Å². The third kappa shape index (κ3) is 3.33. The quantitative estimate of drug-likeness (QED) is 0.804. The molecule has 0 radical (unpaired) electrons. The summed E-state index contributed by atoms with van der Waals surface area (Å²) < 4.78 is 0. The molecule has 2 rings (SSSR count). The highest BCUT2D eigenvalue weighted by Crippen LogP contribution is 2.25. The van der Waals surface area contributed by atoms with Gasteiger partial charge in [0.05, 0.1) is 6.10 Å². The molecule has 0 saturated heterocycles. The summed E-state index contributed by atoms with van der Waals surface area (Å²) in [6.45, 7) is 0.0202. The van der Waals surface area contributed by atoms with E-state index in [0.29, 0.717) is 10.6 Å². The average molecular weight is 278 g/mol. The van der Waals surface area contributed by atoms with Crippen LogP contribution in [0.3, 0.4) is 0 Å². The molecule has 19 heavy (non-hydrogen) atoms. The van der Waals surface area contributed by atoms with Crippen LogP contribution in [0.5, 0.6) is 0 Å². The molecule has 0 aliphatic carbocycles. The van der Waals surface area contributed by atoms with Crippen LogP contribution in [0.4, 0.5) is 0 Å². The number of aliphatic hydroxyl groups excluding tert-OH is 2. The molecule has 2 unspecified atom stereocenters. The van der Waals surface area contributed by atoms with Crippen molar-refractivity contribution in [1.29, 1.82) is 0 Å². The molecule has 4 heteroatoms. The van der Waals surface area contributed by atoms with Crippen LogP contribution in [0, 0.1) is 0 Å². The van der Waals surface area contributed by atoms with Crippen LogP contribution in [-0.4, -0.2) is 22.9 Å². The molecule has 0 bridgehead atoms. The second-order valence-corrected chi connectivity index (χ2v) is 4.82. The zero-order valence-corrected chi connectivity index (χ0v) is 11.1. The van der Waals surface area contributed by atoms with E-state index in [-0.39, 0.29) is 6.54 Å². The first-order valence-corrected chi connectivity index (χ1v) is 6.41. The van der Waals surface area contributed by atoms with Crippen LogP contribution in [-0.2, 0) is 0 Å². The normalized spacial score (nSPS) is 14.1. The first-order valence-electron chi connectivity index (χ1n) is 6.04. The lowest BCUT2D eigenvalue weighted by atomic mass is 9.98. The van der Waals surface area contributed by atoms with Gasteiger partial charge in [-0.1, -0.05) is 41.9 Å². The van der Waals surface area contributed by atoms with Crippen LogP contribution < -0.4 is 5.73 Å². The molecular weight excluding hydrogens is 262 g/mol. The monoisotopic (exact) mass is 277 g/mol. The van der Waals surface area contributed by atoms with E-state index < -0.39 is 12.2 Å². The minimum Gasteiger partial charge on any atom is -0.389 e. The number of hydrogen-bond donors (Lipinski definition) is 3. The largest absolute Gasteiger partial charge is 0.389 e. The molecule has 2 aromatic rings. The molecule has 0 spiro atoms. The van der Waals surface area contributed by atoms with E-state index >= 15 is 0 Å². The van der Waals surface area contributed by atoms with Crippen LogP contribution in [0.25, 0.3) is 11.1 Å². The zero-order valence-electron chi connectivity index (χ0n) is 10.3. The predicted octanol–water partition coefficient (Wildman–Crippen LogP) is 2.36. The molecule has 3 nitrogen and oxygen atoms in total. The molecule has 0 heterocycles. The maximum Gasteiger partial charge on any atom is 0.106 e. The van der Waals surface area contributed by atoms with Gasteiger partial charge in [-0.15, -0.1) is 0 Å². The highest BCUT2D eigenvalue weighted by atomic mass is 35.5. The molecule has 0 aliphatic rings. The van der Waals surface area contributed by atoms with Gasteiger partial charge in [0.25, 0.3) is 0 Å². The Morgan fingerprint density at radius 3 is 2.32 bits per heavy atom. The summed E-state index contributed by atoms with van der Waals surface area (Å²) in [4.78, 5) is 0. The Kier molecular flexibility index (Phi) is 4.56. The maximum atomic E-state index is 9.95. The number of benzene rings is 2. The van der Waals surface area contributed by atoms with Crippen molar-refractivity contribution >= 4 is 11.6 Å². The Balaban J connectivity index is 2.31. The van der Waals surface area contributed by atoms with E-state index in [2.05, 4.69) is 0 Å². The van der Waals surface area contributed by atoms with Crippen LogP contribution in [0.2, 0.25) is 5.02 Å². The van der Waals surface area contributed by atoms with Crippen LogP contribution in [0.15, 0.2) is 48.5 Å². The molecule has 100 valence electrons. The highest BCUT2D eigenvalue weighted by molar-refractivity contribution is 6.30. The smallest absolute Gasteiger partial charge is 0.106 e. The van der Waals surface area contributed by atoms with Gasteiger partial charge in [-0.25, -0.2) is 0 Å². The molecular formula is C15H16ClNO2. The Morgan fingerprint density at radius 1 is 1.00 bits per heavy atom. The van der Waals surface area contributed by atoms with Gasteiger partial charge in [-0.2, -0.15) is 0 Å². The van der Waals surface area contributed by atoms with Crippen molar-refractivity contribution in [3.05, 3.63) is 59.1 Å². The molecule has 0 saturated carbocycles. The highest BCUT2D eigenvalue weighted by Gasteiger charge is 2.16. The fraction of sp³-hybridized carbons (Fsp3) is 0.200. The van der Waals surface area contributed by atoms with Crippen molar-refractivity contribution in [3.63, 3.8) is 0 Å². The third-order valence-electron chi connectivity index (χ3n) is 3.01. The summed E-state index contributed by atoms with van der Waals surface area (Å²) in [5, 5.41) is 20.2. The van der Waals surface area contributed by atoms with Gasteiger partial charge >= 0.3 is 0 Å². The zero-order chi connectivity index (χ0) is 13.8. The first kappa shape index (κ1) is 14.0. The molecule has 4 N–H and O–H groups in total. The summed E-state index contributed by atoms with van der Waals surface area (Å²) >= 11 is 5.85. The summed E-state index contributed by atoms with van der Waals surface area (Å²) in [5.41, 5.74) is 7.95. The number of nitrogens with two attached hydrogens (primary N) is 1. The van der Waals surface area contributed by atoms with Gasteiger partial charge in [0.15, 0.2) is 0 Å². The molecule has 0 aromatic heterocycles. The molecule has 2 atom stereocenters. The van der Waals surface area contributed by atoms with Crippen molar-refractivity contribution in [2.75, 3.05) is 6.54 Å². The van der Waals surface area contributed by atoms with Gasteiger partial charge in [0, 0.05) is 11.6 Å². The summed E-state index contributed by atoms with van der Waals surface area (Å²) in [7, 11) is 0. The van der Waals surface area contributed by atoms with Gasteiger partial charge in [0.2, 0.25) is 0 Å². The lowest BCUT2D eigenvalue weighted by Gasteiger charge is -2.17. The van der Waals surface area contributed by atoms with E-state index in [1.807, 2.05) is 42.5 Å². The Hall–Kier alpha value is -1.39. The Bertz CT molecular complexity index is 542. The number of hydrogen-bond acceptors (Lipinski definition) is 3. The summed E-state index contributed by atoms with van der Waals surface area (Å²) in [6.07, 6.45) is -1.93. The summed E-state index contributed by atoms with van der Waals surface area (Å²) in [6, 6.07) is 14.8. The first-order chi connectivity index (χ1) is 9.11. The van der Waals surface area contributed by atoms with Crippen molar-refractivity contribution in [3.8, 4) is 11.1 Å². The molecule has 2 aromatic carbocycles. The standard InChI is InChI=1S/C15H16ClNO2/c16-13-6-4-10(5-7-13)11-2-1-3-12(8-11)15(19)14(18)9-17/h1-8,14-15,18-19H,9,17H2. The minimum absolute atomic E-state index is 0.0202. The van der Waals surface area contributed by atoms with Crippen molar-refractivity contribution in [2.45, 2.75) is 12.2 Å². The lowest BCUT2D eigenvalue weighted by molar-refractivity contribution is 0.0244. The SMILES string of the molecule is NCC(O)C(O)c1cccc(-c2ccc(Cl)cc2)c1. The van der Waals surface area contributed by atoms with Crippen molar-refractivity contribution in [1.82, 2.24) is 0 Å². The molecule has 0 aliphatic heterocycles. The fourth-order valence-corrected chi connectivity index (χ4v) is 2.02. The second-order valence-electron chi connectivity index (χ2n) is 4.38. The van der Waals surface area contributed by atoms with E-state index in [1.54, 1.807) is 6.07 Å². The van der Waals surface area contributed by atoms with Crippen molar-refractivity contribution in [2.24, 2.45) is 5.73 Å². The lowest BCUT2D eigenvalue weighted by Crippen LogP contribution is -2.27. The Morgan fingerprint density at radius 2 is 1.68 bits per heavy atom. The van der Waals surface area contributed by atoms with E-state index in [1.165, 1.54) is 0 Å². The number of aliphatic hydroxyl groups is 2. The van der Waals surface area contributed by atoms with Gasteiger partial charge in [0.1, 0.15) is 6.10 Å². The van der Waals surface area contributed by atoms with Crippen LogP contribution >= 0.6 is 11.6 Å². The fourth-order valence-electron chi connectivity index (χ4n) is 1.90. The molecule has 0 amide bonds. The maximum absolute atomic E-state index is 9.95. The Labute approximate surface area is 117 Å². The number of rotatable bonds is 4.